The monoisotopic (exact) mass is 367 g/mol. The molecule has 2 fully saturated rings. The maximum absolute atomic E-state index is 13.0. The van der Waals surface area contributed by atoms with E-state index in [2.05, 4.69) is 26.9 Å². The number of carbonyl (C=O) groups excluding carboxylic acids is 1. The number of likely N-dealkylation sites (tertiary alicyclic amines) is 2. The van der Waals surface area contributed by atoms with Crippen LogP contribution in [0.5, 0.6) is 0 Å². The number of carbonyl (C=O) groups is 1. The SMILES string of the molecule is Cc1nc(-c2cccnc2)[nH]c(=O)c1CC(=O)N1CCC[C@H]2CN(C)C[C@H]21. The van der Waals surface area contributed by atoms with Crippen LogP contribution in [0.25, 0.3) is 11.4 Å². The van der Waals surface area contributed by atoms with Crippen molar-refractivity contribution in [2.24, 2.45) is 5.92 Å². The number of nitrogens with zero attached hydrogens (tertiary/aromatic N) is 4. The summed E-state index contributed by atoms with van der Waals surface area (Å²) in [5.41, 5.74) is 1.57. The summed E-state index contributed by atoms with van der Waals surface area (Å²) in [6, 6.07) is 3.92. The smallest absolute Gasteiger partial charge is 0.255 e. The summed E-state index contributed by atoms with van der Waals surface area (Å²) in [6.45, 7) is 4.55. The van der Waals surface area contributed by atoms with Crippen molar-refractivity contribution in [3.8, 4) is 11.4 Å². The maximum Gasteiger partial charge on any atom is 0.255 e. The third-order valence-electron chi connectivity index (χ3n) is 5.77. The molecule has 142 valence electrons. The first kappa shape index (κ1) is 17.9. The van der Waals surface area contributed by atoms with Gasteiger partial charge >= 0.3 is 0 Å². The summed E-state index contributed by atoms with van der Waals surface area (Å²) < 4.78 is 0. The second kappa shape index (κ2) is 7.23. The van der Waals surface area contributed by atoms with E-state index in [1.165, 1.54) is 6.42 Å². The van der Waals surface area contributed by atoms with Gasteiger partial charge in [0.05, 0.1) is 6.42 Å². The molecule has 4 heterocycles. The van der Waals surface area contributed by atoms with E-state index in [9.17, 15) is 9.59 Å². The van der Waals surface area contributed by atoms with Crippen LogP contribution >= 0.6 is 0 Å². The fourth-order valence-corrected chi connectivity index (χ4v) is 4.41. The molecule has 2 saturated heterocycles. The zero-order chi connectivity index (χ0) is 19.0. The fraction of sp³-hybridized carbons (Fsp3) is 0.500. The molecule has 2 aromatic heterocycles. The Morgan fingerprint density at radius 2 is 2.22 bits per heavy atom. The Morgan fingerprint density at radius 1 is 1.37 bits per heavy atom. The summed E-state index contributed by atoms with van der Waals surface area (Å²) in [5, 5.41) is 0. The quantitative estimate of drug-likeness (QED) is 0.883. The second-order valence-corrected chi connectivity index (χ2v) is 7.67. The van der Waals surface area contributed by atoms with E-state index in [0.717, 1.165) is 31.6 Å². The molecule has 0 saturated carbocycles. The number of amides is 1. The molecule has 2 atom stereocenters. The Hall–Kier alpha value is -2.54. The van der Waals surface area contributed by atoms with Crippen molar-refractivity contribution >= 4 is 5.91 Å². The third-order valence-corrected chi connectivity index (χ3v) is 5.77. The molecule has 2 aliphatic rings. The van der Waals surface area contributed by atoms with Crippen LogP contribution < -0.4 is 5.56 Å². The van der Waals surface area contributed by atoms with Crippen molar-refractivity contribution in [1.82, 2.24) is 24.8 Å². The first-order valence-corrected chi connectivity index (χ1v) is 9.51. The van der Waals surface area contributed by atoms with Gasteiger partial charge in [0.2, 0.25) is 5.91 Å². The highest BCUT2D eigenvalue weighted by Crippen LogP contribution is 2.30. The first-order chi connectivity index (χ1) is 13.0. The Balaban J connectivity index is 1.56. The molecule has 7 nitrogen and oxygen atoms in total. The van der Waals surface area contributed by atoms with Gasteiger partial charge in [0, 0.05) is 54.9 Å². The standard InChI is InChI=1S/C20H25N5O2/c1-13-16(20(27)23-19(22-13)14-5-3-7-21-10-14)9-18(26)25-8-4-6-15-11-24(2)12-17(15)25/h3,5,7,10,15,17H,4,6,8-9,11-12H2,1-2H3,(H,22,23,27)/t15-,17+/m0/s1. The van der Waals surface area contributed by atoms with E-state index in [1.54, 1.807) is 25.4 Å². The van der Waals surface area contributed by atoms with Crippen LogP contribution in [0.2, 0.25) is 0 Å². The van der Waals surface area contributed by atoms with Gasteiger partial charge in [-0.15, -0.1) is 0 Å². The van der Waals surface area contributed by atoms with E-state index in [4.69, 9.17) is 0 Å². The van der Waals surface area contributed by atoms with Crippen molar-refractivity contribution in [2.45, 2.75) is 32.2 Å². The number of likely N-dealkylation sites (N-methyl/N-ethyl adjacent to an activating group) is 1. The highest BCUT2D eigenvalue weighted by Gasteiger charge is 2.39. The Morgan fingerprint density at radius 3 is 2.96 bits per heavy atom. The second-order valence-electron chi connectivity index (χ2n) is 7.67. The van der Waals surface area contributed by atoms with Crippen LogP contribution in [-0.2, 0) is 11.2 Å². The topological polar surface area (TPSA) is 82.2 Å². The predicted octanol–water partition coefficient (Wildman–Crippen LogP) is 1.24. The van der Waals surface area contributed by atoms with E-state index < -0.39 is 0 Å². The number of pyridine rings is 1. The van der Waals surface area contributed by atoms with Gasteiger partial charge in [-0.3, -0.25) is 14.6 Å². The number of piperidine rings is 1. The summed E-state index contributed by atoms with van der Waals surface area (Å²) in [6.07, 6.45) is 5.66. The minimum Gasteiger partial charge on any atom is -0.338 e. The van der Waals surface area contributed by atoms with Crippen LogP contribution in [0.4, 0.5) is 0 Å². The van der Waals surface area contributed by atoms with Gasteiger partial charge in [0.25, 0.3) is 5.56 Å². The molecule has 0 radical (unpaired) electrons. The zero-order valence-electron chi connectivity index (χ0n) is 15.8. The Bertz CT molecular complexity index is 895. The molecular weight excluding hydrogens is 342 g/mol. The minimum atomic E-state index is -0.244. The maximum atomic E-state index is 13.0. The molecule has 1 N–H and O–H groups in total. The lowest BCUT2D eigenvalue weighted by Gasteiger charge is -2.37. The summed E-state index contributed by atoms with van der Waals surface area (Å²) in [7, 11) is 2.11. The first-order valence-electron chi connectivity index (χ1n) is 9.51. The highest BCUT2D eigenvalue weighted by atomic mass is 16.2. The fourth-order valence-electron chi connectivity index (χ4n) is 4.41. The number of fused-ring (bicyclic) bond motifs is 1. The molecule has 0 spiro atoms. The average Bonchev–Trinajstić information content (AvgIpc) is 3.05. The van der Waals surface area contributed by atoms with Gasteiger partial charge < -0.3 is 14.8 Å². The largest absolute Gasteiger partial charge is 0.338 e. The molecule has 7 heteroatoms. The summed E-state index contributed by atoms with van der Waals surface area (Å²) in [5.74, 6) is 1.07. The van der Waals surface area contributed by atoms with E-state index in [1.807, 2.05) is 11.0 Å². The predicted molar refractivity (Wildman–Crippen MR) is 102 cm³/mol. The Kier molecular flexibility index (Phi) is 4.78. The lowest BCUT2D eigenvalue weighted by atomic mass is 9.91. The van der Waals surface area contributed by atoms with Gasteiger partial charge in [0.1, 0.15) is 5.82 Å². The Labute approximate surface area is 158 Å². The lowest BCUT2D eigenvalue weighted by Crippen LogP contribution is -2.49. The molecule has 0 bridgehead atoms. The van der Waals surface area contributed by atoms with E-state index in [-0.39, 0.29) is 23.9 Å². The number of H-pyrrole nitrogens is 1. The zero-order valence-corrected chi connectivity index (χ0v) is 15.8. The highest BCUT2D eigenvalue weighted by molar-refractivity contribution is 5.79. The van der Waals surface area contributed by atoms with Crippen molar-refractivity contribution in [3.63, 3.8) is 0 Å². The van der Waals surface area contributed by atoms with E-state index >= 15 is 0 Å². The van der Waals surface area contributed by atoms with Crippen molar-refractivity contribution in [2.75, 3.05) is 26.7 Å². The molecule has 4 rings (SSSR count). The van der Waals surface area contributed by atoms with Crippen LogP contribution in [0, 0.1) is 12.8 Å². The van der Waals surface area contributed by atoms with Gasteiger partial charge in [-0.05, 0) is 44.9 Å². The average molecular weight is 367 g/mol. The number of aromatic amines is 1. The molecule has 0 aromatic carbocycles. The van der Waals surface area contributed by atoms with Crippen LogP contribution in [0.3, 0.4) is 0 Å². The van der Waals surface area contributed by atoms with Crippen LogP contribution in [0.1, 0.15) is 24.1 Å². The van der Waals surface area contributed by atoms with Crippen molar-refractivity contribution in [1.29, 1.82) is 0 Å². The normalized spacial score (nSPS) is 22.7. The number of aryl methyl sites for hydroxylation is 1. The van der Waals surface area contributed by atoms with Gasteiger partial charge in [-0.1, -0.05) is 0 Å². The molecular formula is C20H25N5O2. The van der Waals surface area contributed by atoms with Gasteiger partial charge in [0.15, 0.2) is 0 Å². The number of hydrogen-bond donors (Lipinski definition) is 1. The summed E-state index contributed by atoms with van der Waals surface area (Å²) >= 11 is 0. The molecule has 2 aromatic rings. The van der Waals surface area contributed by atoms with Crippen molar-refractivity contribution < 1.29 is 4.79 Å². The summed E-state index contributed by atoms with van der Waals surface area (Å²) in [4.78, 5) is 41.3. The van der Waals surface area contributed by atoms with Gasteiger partial charge in [-0.2, -0.15) is 0 Å². The molecule has 2 aliphatic heterocycles. The molecule has 0 unspecified atom stereocenters. The molecule has 1 amide bonds. The number of hydrogen-bond acceptors (Lipinski definition) is 5. The third kappa shape index (κ3) is 3.51. The number of rotatable bonds is 3. The van der Waals surface area contributed by atoms with Crippen LogP contribution in [-0.4, -0.2) is 63.4 Å². The lowest BCUT2D eigenvalue weighted by molar-refractivity contribution is -0.134. The van der Waals surface area contributed by atoms with Crippen molar-refractivity contribution in [3.05, 3.63) is 46.1 Å². The van der Waals surface area contributed by atoms with E-state index in [0.29, 0.717) is 23.0 Å². The molecule has 27 heavy (non-hydrogen) atoms. The van der Waals surface area contributed by atoms with Gasteiger partial charge in [-0.25, -0.2) is 4.98 Å². The number of aromatic nitrogens is 3. The molecule has 0 aliphatic carbocycles. The minimum absolute atomic E-state index is 0.0320. The number of nitrogens with one attached hydrogen (secondary N) is 1. The van der Waals surface area contributed by atoms with Crippen LogP contribution in [0.15, 0.2) is 29.3 Å².